The van der Waals surface area contributed by atoms with Gasteiger partial charge in [-0.3, -0.25) is 9.58 Å². The molecule has 1 aromatic heterocycles. The van der Waals surface area contributed by atoms with Crippen molar-refractivity contribution < 1.29 is 0 Å². The van der Waals surface area contributed by atoms with Crippen LogP contribution in [0.1, 0.15) is 36.4 Å². The number of aromatic nitrogens is 2. The number of nitrogens with two attached hydrogens (primary N) is 1. The van der Waals surface area contributed by atoms with E-state index in [1.54, 1.807) is 0 Å². The van der Waals surface area contributed by atoms with Gasteiger partial charge in [0.25, 0.3) is 0 Å². The molecule has 0 aliphatic carbocycles. The van der Waals surface area contributed by atoms with Crippen LogP contribution < -0.4 is 5.73 Å². The molecule has 2 unspecified atom stereocenters. The molecule has 2 heterocycles. The van der Waals surface area contributed by atoms with Crippen molar-refractivity contribution in [3.05, 3.63) is 53.9 Å². The van der Waals surface area contributed by atoms with Crippen LogP contribution in [0.5, 0.6) is 0 Å². The summed E-state index contributed by atoms with van der Waals surface area (Å²) in [6.45, 7) is 1.93. The van der Waals surface area contributed by atoms with Crippen LogP contribution in [0.15, 0.2) is 42.7 Å². The molecule has 0 saturated carbocycles. The van der Waals surface area contributed by atoms with Gasteiger partial charge in [-0.15, -0.1) is 0 Å². The molecule has 2 atom stereocenters. The fraction of sp³-hybridized carbons (Fsp3) is 0.471. The van der Waals surface area contributed by atoms with Crippen molar-refractivity contribution in [2.45, 2.75) is 37.9 Å². The molecule has 0 bridgehead atoms. The molecular formula is C17H24N4. The molecule has 2 aromatic rings. The third-order valence-corrected chi connectivity index (χ3v) is 4.36. The summed E-state index contributed by atoms with van der Waals surface area (Å²) in [5, 5.41) is 4.52. The fourth-order valence-electron chi connectivity index (χ4n) is 3.26. The number of benzene rings is 1. The van der Waals surface area contributed by atoms with Gasteiger partial charge in [0, 0.05) is 17.8 Å². The summed E-state index contributed by atoms with van der Waals surface area (Å²) in [6, 6.07) is 10.9. The van der Waals surface area contributed by atoms with Crippen LogP contribution in [0, 0.1) is 0 Å². The predicted octanol–water partition coefficient (Wildman–Crippen LogP) is 2.42. The molecule has 3 rings (SSSR count). The average molecular weight is 284 g/mol. The minimum atomic E-state index is 0.201. The van der Waals surface area contributed by atoms with Crippen LogP contribution in [-0.4, -0.2) is 34.3 Å². The van der Waals surface area contributed by atoms with Gasteiger partial charge in [0.1, 0.15) is 0 Å². The van der Waals surface area contributed by atoms with E-state index in [1.807, 2.05) is 16.9 Å². The quantitative estimate of drug-likeness (QED) is 0.941. The lowest BCUT2D eigenvalue weighted by Gasteiger charge is -2.29. The van der Waals surface area contributed by atoms with Crippen LogP contribution in [-0.2, 0) is 6.54 Å². The lowest BCUT2D eigenvalue weighted by Crippen LogP contribution is -2.37. The third kappa shape index (κ3) is 3.34. The van der Waals surface area contributed by atoms with E-state index in [0.29, 0.717) is 0 Å². The Kier molecular flexibility index (Phi) is 4.36. The smallest absolute Gasteiger partial charge is 0.0659 e. The number of hydrogen-bond acceptors (Lipinski definition) is 3. The molecule has 1 aromatic carbocycles. The summed E-state index contributed by atoms with van der Waals surface area (Å²) in [7, 11) is 2.17. The molecular weight excluding hydrogens is 260 g/mol. The van der Waals surface area contributed by atoms with Gasteiger partial charge in [0.2, 0.25) is 0 Å². The van der Waals surface area contributed by atoms with Crippen molar-refractivity contribution in [1.82, 2.24) is 14.7 Å². The van der Waals surface area contributed by atoms with Crippen LogP contribution >= 0.6 is 0 Å². The SMILES string of the molecule is CN1CCCCC(N)C1c1cnn(Cc2ccccc2)c1. The lowest BCUT2D eigenvalue weighted by molar-refractivity contribution is 0.230. The molecule has 0 radical (unpaired) electrons. The van der Waals surface area contributed by atoms with E-state index in [9.17, 15) is 0 Å². The van der Waals surface area contributed by atoms with Crippen molar-refractivity contribution in [1.29, 1.82) is 0 Å². The van der Waals surface area contributed by atoms with Gasteiger partial charge in [0.05, 0.1) is 18.8 Å². The molecule has 1 saturated heterocycles. The highest BCUT2D eigenvalue weighted by Crippen LogP contribution is 2.27. The van der Waals surface area contributed by atoms with Crippen LogP contribution in [0.4, 0.5) is 0 Å². The van der Waals surface area contributed by atoms with Crippen molar-refractivity contribution in [2.24, 2.45) is 5.73 Å². The Morgan fingerprint density at radius 3 is 2.86 bits per heavy atom. The fourth-order valence-corrected chi connectivity index (χ4v) is 3.26. The van der Waals surface area contributed by atoms with Crippen LogP contribution in [0.3, 0.4) is 0 Å². The Morgan fingerprint density at radius 1 is 1.24 bits per heavy atom. The molecule has 2 N–H and O–H groups in total. The summed E-state index contributed by atoms with van der Waals surface area (Å²) in [5.74, 6) is 0. The molecule has 112 valence electrons. The topological polar surface area (TPSA) is 47.1 Å². The highest BCUT2D eigenvalue weighted by atomic mass is 15.3. The van der Waals surface area contributed by atoms with E-state index in [-0.39, 0.29) is 12.1 Å². The summed E-state index contributed by atoms with van der Waals surface area (Å²) in [6.07, 6.45) is 7.69. The second-order valence-corrected chi connectivity index (χ2v) is 6.04. The molecule has 1 fully saturated rings. The first-order valence-corrected chi connectivity index (χ1v) is 7.76. The lowest BCUT2D eigenvalue weighted by atomic mass is 9.99. The highest BCUT2D eigenvalue weighted by Gasteiger charge is 2.27. The minimum absolute atomic E-state index is 0.201. The zero-order valence-electron chi connectivity index (χ0n) is 12.7. The Bertz CT molecular complexity index is 551. The second kappa shape index (κ2) is 6.41. The van der Waals surface area contributed by atoms with E-state index in [4.69, 9.17) is 5.73 Å². The Balaban J connectivity index is 1.77. The maximum Gasteiger partial charge on any atom is 0.0659 e. The average Bonchev–Trinajstić information content (AvgIpc) is 2.86. The number of nitrogens with zero attached hydrogens (tertiary/aromatic N) is 3. The monoisotopic (exact) mass is 284 g/mol. The van der Waals surface area contributed by atoms with Crippen molar-refractivity contribution in [3.63, 3.8) is 0 Å². The summed E-state index contributed by atoms with van der Waals surface area (Å²) in [5.41, 5.74) is 8.89. The number of rotatable bonds is 3. The summed E-state index contributed by atoms with van der Waals surface area (Å²) >= 11 is 0. The van der Waals surface area contributed by atoms with E-state index in [1.165, 1.54) is 24.0 Å². The Hall–Kier alpha value is -1.65. The number of likely N-dealkylation sites (N-methyl/N-ethyl adjacent to an activating group) is 1. The summed E-state index contributed by atoms with van der Waals surface area (Å²) in [4.78, 5) is 2.38. The van der Waals surface area contributed by atoms with Crippen LogP contribution in [0.25, 0.3) is 0 Å². The van der Waals surface area contributed by atoms with Crippen molar-refractivity contribution >= 4 is 0 Å². The van der Waals surface area contributed by atoms with Crippen LogP contribution in [0.2, 0.25) is 0 Å². The van der Waals surface area contributed by atoms with Crippen molar-refractivity contribution in [2.75, 3.05) is 13.6 Å². The molecule has 4 nitrogen and oxygen atoms in total. The van der Waals surface area contributed by atoms with E-state index in [0.717, 1.165) is 19.5 Å². The zero-order chi connectivity index (χ0) is 14.7. The minimum Gasteiger partial charge on any atom is -0.326 e. The van der Waals surface area contributed by atoms with Gasteiger partial charge < -0.3 is 5.73 Å². The molecule has 4 heteroatoms. The van der Waals surface area contributed by atoms with Gasteiger partial charge >= 0.3 is 0 Å². The maximum atomic E-state index is 6.38. The molecule has 1 aliphatic heterocycles. The predicted molar refractivity (Wildman–Crippen MR) is 85.0 cm³/mol. The second-order valence-electron chi connectivity index (χ2n) is 6.04. The standard InChI is InChI=1S/C17H24N4/c1-20-10-6-5-9-16(18)17(20)15-11-19-21(13-15)12-14-7-3-2-4-8-14/h2-4,7-8,11,13,16-17H,5-6,9-10,12,18H2,1H3. The first-order chi connectivity index (χ1) is 10.2. The Labute approximate surface area is 126 Å². The first-order valence-electron chi connectivity index (χ1n) is 7.76. The first kappa shape index (κ1) is 14.3. The molecule has 0 amide bonds. The largest absolute Gasteiger partial charge is 0.326 e. The molecule has 0 spiro atoms. The van der Waals surface area contributed by atoms with Gasteiger partial charge in [-0.25, -0.2) is 0 Å². The van der Waals surface area contributed by atoms with Gasteiger partial charge in [-0.2, -0.15) is 5.10 Å². The molecule has 1 aliphatic rings. The Morgan fingerprint density at radius 2 is 2.05 bits per heavy atom. The molecule has 21 heavy (non-hydrogen) atoms. The van der Waals surface area contributed by atoms with E-state index in [2.05, 4.69) is 47.5 Å². The normalized spacial score (nSPS) is 23.9. The summed E-state index contributed by atoms with van der Waals surface area (Å²) < 4.78 is 2.01. The zero-order valence-corrected chi connectivity index (χ0v) is 12.7. The number of hydrogen-bond donors (Lipinski definition) is 1. The van der Waals surface area contributed by atoms with E-state index < -0.39 is 0 Å². The number of likely N-dealkylation sites (tertiary alicyclic amines) is 1. The maximum absolute atomic E-state index is 6.38. The van der Waals surface area contributed by atoms with Gasteiger partial charge in [-0.1, -0.05) is 36.8 Å². The third-order valence-electron chi connectivity index (χ3n) is 4.36. The van der Waals surface area contributed by atoms with Gasteiger partial charge in [-0.05, 0) is 32.0 Å². The van der Waals surface area contributed by atoms with Gasteiger partial charge in [0.15, 0.2) is 0 Å². The highest BCUT2D eigenvalue weighted by molar-refractivity contribution is 5.17. The van der Waals surface area contributed by atoms with Crippen molar-refractivity contribution in [3.8, 4) is 0 Å². The van der Waals surface area contributed by atoms with E-state index >= 15 is 0 Å².